The molecule has 0 unspecified atom stereocenters. The van der Waals surface area contributed by atoms with E-state index in [2.05, 4.69) is 15.1 Å². The first-order chi connectivity index (χ1) is 8.65. The Morgan fingerprint density at radius 1 is 1.56 bits per heavy atom. The first-order valence-electron chi connectivity index (χ1n) is 5.48. The third kappa shape index (κ3) is 1.97. The Morgan fingerprint density at radius 3 is 3.06 bits per heavy atom. The maximum atomic E-state index is 11.8. The lowest BCUT2D eigenvalue weighted by Gasteiger charge is -2.02. The van der Waals surface area contributed by atoms with Crippen LogP contribution in [0.25, 0.3) is 0 Å². The van der Waals surface area contributed by atoms with Crippen LogP contribution in [-0.2, 0) is 6.54 Å². The Morgan fingerprint density at radius 2 is 2.33 bits per heavy atom. The van der Waals surface area contributed by atoms with E-state index in [-0.39, 0.29) is 17.4 Å². The highest BCUT2D eigenvalue weighted by Crippen LogP contribution is 2.38. The molecule has 3 rings (SSSR count). The van der Waals surface area contributed by atoms with Crippen molar-refractivity contribution in [3.8, 4) is 0 Å². The van der Waals surface area contributed by atoms with Gasteiger partial charge in [-0.3, -0.25) is 9.36 Å². The monoisotopic (exact) mass is 267 g/mol. The number of halogens is 1. The van der Waals surface area contributed by atoms with Crippen LogP contribution in [-0.4, -0.2) is 19.7 Å². The van der Waals surface area contributed by atoms with Crippen molar-refractivity contribution >= 4 is 17.3 Å². The second kappa shape index (κ2) is 4.09. The molecule has 2 aromatic rings. The Balaban J connectivity index is 1.87. The summed E-state index contributed by atoms with van der Waals surface area (Å²) in [6.45, 7) is 0.146. The lowest BCUT2D eigenvalue weighted by Crippen LogP contribution is -2.24. The molecule has 0 radical (unpaired) electrons. The van der Waals surface area contributed by atoms with Crippen LogP contribution in [0, 0.1) is 0 Å². The average Bonchev–Trinajstić information content (AvgIpc) is 3.11. The quantitative estimate of drug-likeness (QED) is 0.825. The van der Waals surface area contributed by atoms with E-state index in [1.165, 1.54) is 10.9 Å². The van der Waals surface area contributed by atoms with Gasteiger partial charge in [0.05, 0.1) is 6.33 Å². The van der Waals surface area contributed by atoms with Gasteiger partial charge in [-0.2, -0.15) is 4.98 Å². The molecule has 0 spiro atoms. The van der Waals surface area contributed by atoms with E-state index >= 15 is 0 Å². The van der Waals surface area contributed by atoms with Crippen molar-refractivity contribution in [2.45, 2.75) is 25.3 Å². The normalized spacial score (nSPS) is 14.9. The first kappa shape index (κ1) is 11.2. The van der Waals surface area contributed by atoms with Crippen LogP contribution in [0.5, 0.6) is 0 Å². The lowest BCUT2D eigenvalue weighted by molar-refractivity contribution is 0.364. The van der Waals surface area contributed by atoms with E-state index in [0.717, 1.165) is 12.8 Å². The number of hydrogen-bond donors (Lipinski definition) is 1. The highest BCUT2D eigenvalue weighted by molar-refractivity contribution is 6.31. The molecule has 2 heterocycles. The molecule has 1 fully saturated rings. The van der Waals surface area contributed by atoms with Crippen LogP contribution in [0.1, 0.15) is 30.5 Å². The minimum Gasteiger partial charge on any atom is -0.392 e. The molecule has 0 aliphatic heterocycles. The van der Waals surface area contributed by atoms with Crippen LogP contribution in [0.2, 0.25) is 5.15 Å². The van der Waals surface area contributed by atoms with Gasteiger partial charge in [-0.1, -0.05) is 16.8 Å². The molecule has 94 valence electrons. The minimum atomic E-state index is -0.416. The molecule has 0 aromatic carbocycles. The van der Waals surface area contributed by atoms with E-state index < -0.39 is 5.56 Å². The number of anilines is 1. The van der Waals surface area contributed by atoms with Crippen molar-refractivity contribution < 1.29 is 4.52 Å². The maximum Gasteiger partial charge on any atom is 0.278 e. The first-order valence-corrected chi connectivity index (χ1v) is 5.86. The van der Waals surface area contributed by atoms with E-state index in [4.69, 9.17) is 21.9 Å². The second-order valence-corrected chi connectivity index (χ2v) is 4.56. The predicted octanol–water partition coefficient (Wildman–Crippen LogP) is 0.788. The van der Waals surface area contributed by atoms with E-state index in [9.17, 15) is 4.79 Å². The van der Waals surface area contributed by atoms with Crippen molar-refractivity contribution in [3.63, 3.8) is 0 Å². The SMILES string of the molecule is Nc1c(Cl)ncn(Cc2nc(C3CC3)no2)c1=O. The Hall–Kier alpha value is -1.89. The van der Waals surface area contributed by atoms with Gasteiger partial charge < -0.3 is 10.3 Å². The van der Waals surface area contributed by atoms with Crippen LogP contribution in [0.4, 0.5) is 5.69 Å². The highest BCUT2D eigenvalue weighted by Gasteiger charge is 2.28. The van der Waals surface area contributed by atoms with Crippen molar-refractivity contribution in [2.75, 3.05) is 5.73 Å². The van der Waals surface area contributed by atoms with Gasteiger partial charge in [-0.25, -0.2) is 4.98 Å². The Bertz CT molecular complexity index is 646. The van der Waals surface area contributed by atoms with E-state index in [1.807, 2.05) is 0 Å². The Kier molecular flexibility index (Phi) is 2.55. The molecule has 0 amide bonds. The molecular weight excluding hydrogens is 258 g/mol. The molecule has 0 atom stereocenters. The third-order valence-electron chi connectivity index (χ3n) is 2.76. The van der Waals surface area contributed by atoms with Crippen molar-refractivity contribution in [1.29, 1.82) is 0 Å². The van der Waals surface area contributed by atoms with Gasteiger partial charge in [0.25, 0.3) is 5.56 Å². The largest absolute Gasteiger partial charge is 0.392 e. The van der Waals surface area contributed by atoms with Gasteiger partial charge in [0, 0.05) is 5.92 Å². The van der Waals surface area contributed by atoms with Crippen LogP contribution in [0.3, 0.4) is 0 Å². The molecule has 2 N–H and O–H groups in total. The van der Waals surface area contributed by atoms with Gasteiger partial charge in [0.15, 0.2) is 11.0 Å². The molecule has 7 nitrogen and oxygen atoms in total. The number of nitrogens with zero attached hydrogens (tertiary/aromatic N) is 4. The van der Waals surface area contributed by atoms with Gasteiger partial charge in [0.2, 0.25) is 5.89 Å². The lowest BCUT2D eigenvalue weighted by atomic mass is 10.4. The number of rotatable bonds is 3. The minimum absolute atomic E-state index is 0.000415. The van der Waals surface area contributed by atoms with E-state index in [1.54, 1.807) is 0 Å². The smallest absolute Gasteiger partial charge is 0.278 e. The van der Waals surface area contributed by atoms with E-state index in [0.29, 0.717) is 17.6 Å². The molecule has 2 aromatic heterocycles. The molecule has 1 saturated carbocycles. The van der Waals surface area contributed by atoms with Gasteiger partial charge in [-0.05, 0) is 12.8 Å². The number of nitrogen functional groups attached to an aromatic ring is 1. The molecule has 0 bridgehead atoms. The van der Waals surface area contributed by atoms with Gasteiger partial charge in [-0.15, -0.1) is 0 Å². The van der Waals surface area contributed by atoms with Gasteiger partial charge in [0.1, 0.15) is 12.2 Å². The topological polar surface area (TPSA) is 99.8 Å². The number of nitrogens with two attached hydrogens (primary N) is 1. The number of aromatic nitrogens is 4. The fourth-order valence-electron chi connectivity index (χ4n) is 1.58. The average molecular weight is 268 g/mol. The van der Waals surface area contributed by atoms with Crippen LogP contribution >= 0.6 is 11.6 Å². The summed E-state index contributed by atoms with van der Waals surface area (Å²) in [5, 5.41) is 3.87. The van der Waals surface area contributed by atoms with Crippen molar-refractivity contribution in [1.82, 2.24) is 19.7 Å². The number of hydrogen-bond acceptors (Lipinski definition) is 6. The van der Waals surface area contributed by atoms with Crippen LogP contribution < -0.4 is 11.3 Å². The Labute approximate surface area is 107 Å². The van der Waals surface area contributed by atoms with Crippen molar-refractivity contribution in [3.05, 3.63) is 33.5 Å². The summed E-state index contributed by atoms with van der Waals surface area (Å²) in [5.41, 5.74) is 5.01. The molecule has 1 aliphatic carbocycles. The zero-order valence-corrected chi connectivity index (χ0v) is 10.1. The molecular formula is C10H10ClN5O2. The summed E-state index contributed by atoms with van der Waals surface area (Å²) in [4.78, 5) is 19.8. The molecule has 0 saturated heterocycles. The van der Waals surface area contributed by atoms with Gasteiger partial charge >= 0.3 is 0 Å². The summed E-state index contributed by atoms with van der Waals surface area (Å²) >= 11 is 5.64. The maximum absolute atomic E-state index is 11.8. The second-order valence-electron chi connectivity index (χ2n) is 4.20. The fraction of sp³-hybridized carbons (Fsp3) is 0.400. The molecule has 8 heteroatoms. The predicted molar refractivity (Wildman–Crippen MR) is 63.3 cm³/mol. The third-order valence-corrected chi connectivity index (χ3v) is 3.06. The zero-order valence-electron chi connectivity index (χ0n) is 9.34. The standard InChI is InChI=1S/C10H10ClN5O2/c11-8-7(12)10(17)16(4-13-8)3-6-14-9(15-18-6)5-1-2-5/h4-5H,1-3,12H2. The fourth-order valence-corrected chi connectivity index (χ4v) is 1.71. The zero-order chi connectivity index (χ0) is 12.7. The summed E-state index contributed by atoms with van der Waals surface area (Å²) in [5.74, 6) is 1.48. The molecule has 1 aliphatic rings. The highest BCUT2D eigenvalue weighted by atomic mass is 35.5. The summed E-state index contributed by atoms with van der Waals surface area (Å²) < 4.78 is 6.36. The summed E-state index contributed by atoms with van der Waals surface area (Å²) in [6, 6.07) is 0. The van der Waals surface area contributed by atoms with Crippen LogP contribution in [0.15, 0.2) is 15.6 Å². The van der Waals surface area contributed by atoms with Crippen molar-refractivity contribution in [2.24, 2.45) is 0 Å². The summed E-state index contributed by atoms with van der Waals surface area (Å²) in [6.07, 6.45) is 3.49. The molecule has 18 heavy (non-hydrogen) atoms. The summed E-state index contributed by atoms with van der Waals surface area (Å²) in [7, 11) is 0.